The fraction of sp³-hybridized carbons (Fsp3) is 0.636. The van der Waals surface area contributed by atoms with Gasteiger partial charge in [-0.05, 0) is 12.8 Å². The van der Waals surface area contributed by atoms with Gasteiger partial charge < -0.3 is 15.0 Å². The van der Waals surface area contributed by atoms with E-state index in [-0.39, 0.29) is 11.9 Å². The molecule has 88 valence electrons. The molecule has 1 aromatic rings. The third kappa shape index (κ3) is 2.24. The zero-order valence-corrected chi connectivity index (χ0v) is 9.43. The summed E-state index contributed by atoms with van der Waals surface area (Å²) in [4.78, 5) is 15.6. The Bertz CT molecular complexity index is 371. The van der Waals surface area contributed by atoms with Crippen molar-refractivity contribution in [2.24, 2.45) is 11.7 Å². The quantitative estimate of drug-likeness (QED) is 0.738. The summed E-state index contributed by atoms with van der Waals surface area (Å²) in [5.41, 5.74) is 6.65. The van der Waals surface area contributed by atoms with Gasteiger partial charge in [-0.2, -0.15) is 0 Å². The summed E-state index contributed by atoms with van der Waals surface area (Å²) in [6.07, 6.45) is 6.66. The maximum atomic E-state index is 11.4. The van der Waals surface area contributed by atoms with E-state index in [9.17, 15) is 4.79 Å². The minimum atomic E-state index is -0.265. The van der Waals surface area contributed by atoms with Crippen LogP contribution in [0.2, 0.25) is 0 Å². The molecule has 0 amide bonds. The van der Waals surface area contributed by atoms with Gasteiger partial charge in [-0.15, -0.1) is 0 Å². The minimum absolute atomic E-state index is 0.244. The van der Waals surface area contributed by atoms with E-state index in [4.69, 9.17) is 10.5 Å². The van der Waals surface area contributed by atoms with Gasteiger partial charge in [-0.3, -0.25) is 4.79 Å². The normalized spacial score (nSPS) is 17.1. The van der Waals surface area contributed by atoms with Crippen molar-refractivity contribution in [1.82, 2.24) is 9.55 Å². The summed E-state index contributed by atoms with van der Waals surface area (Å²) >= 11 is 0. The van der Waals surface area contributed by atoms with Crippen LogP contribution < -0.4 is 5.73 Å². The highest BCUT2D eigenvalue weighted by molar-refractivity contribution is 5.72. The van der Waals surface area contributed by atoms with E-state index in [1.807, 2.05) is 12.5 Å². The van der Waals surface area contributed by atoms with Crippen molar-refractivity contribution >= 4 is 5.97 Å². The lowest BCUT2D eigenvalue weighted by Crippen LogP contribution is -2.27. The first-order chi connectivity index (χ1) is 7.76. The molecule has 1 heterocycles. The van der Waals surface area contributed by atoms with E-state index in [1.165, 1.54) is 20.0 Å². The number of nitrogens with zero attached hydrogens (tertiary/aromatic N) is 2. The highest BCUT2D eigenvalue weighted by Gasteiger charge is 2.27. The lowest BCUT2D eigenvalue weighted by atomic mass is 10.0. The maximum Gasteiger partial charge on any atom is 0.310 e. The summed E-state index contributed by atoms with van der Waals surface area (Å²) < 4.78 is 6.86. The van der Waals surface area contributed by atoms with Gasteiger partial charge in [0.05, 0.1) is 19.4 Å². The van der Waals surface area contributed by atoms with Crippen LogP contribution in [0.3, 0.4) is 0 Å². The lowest BCUT2D eigenvalue weighted by Gasteiger charge is -2.13. The SMILES string of the molecule is COC(=O)C(CN)Cc1cncn1C1CC1. The van der Waals surface area contributed by atoms with Gasteiger partial charge in [0, 0.05) is 30.9 Å². The number of ether oxygens (including phenoxy) is 1. The van der Waals surface area contributed by atoms with Crippen molar-refractivity contribution in [2.45, 2.75) is 25.3 Å². The van der Waals surface area contributed by atoms with Crippen molar-refractivity contribution < 1.29 is 9.53 Å². The molecule has 1 fully saturated rings. The van der Waals surface area contributed by atoms with Crippen molar-refractivity contribution in [2.75, 3.05) is 13.7 Å². The predicted molar refractivity (Wildman–Crippen MR) is 58.8 cm³/mol. The van der Waals surface area contributed by atoms with Gasteiger partial charge in [0.15, 0.2) is 0 Å². The third-order valence-electron chi connectivity index (χ3n) is 2.96. The Labute approximate surface area is 94.6 Å². The summed E-state index contributed by atoms with van der Waals surface area (Å²) in [6.45, 7) is 0.308. The van der Waals surface area contributed by atoms with Crippen LogP contribution >= 0.6 is 0 Å². The van der Waals surface area contributed by atoms with Gasteiger partial charge in [-0.1, -0.05) is 0 Å². The first-order valence-electron chi connectivity index (χ1n) is 5.55. The Hall–Kier alpha value is -1.36. The zero-order valence-electron chi connectivity index (χ0n) is 9.43. The second kappa shape index (κ2) is 4.65. The fourth-order valence-electron chi connectivity index (χ4n) is 1.85. The highest BCUT2D eigenvalue weighted by Crippen LogP contribution is 2.36. The van der Waals surface area contributed by atoms with E-state index in [0.29, 0.717) is 19.0 Å². The Balaban J connectivity index is 2.06. The number of esters is 1. The van der Waals surface area contributed by atoms with Crippen LogP contribution in [0.15, 0.2) is 12.5 Å². The molecule has 0 aromatic carbocycles. The molecule has 0 bridgehead atoms. The molecule has 1 unspecified atom stereocenters. The Kier molecular flexibility index (Phi) is 3.24. The average molecular weight is 223 g/mol. The Morgan fingerprint density at radius 1 is 1.75 bits per heavy atom. The van der Waals surface area contributed by atoms with Gasteiger partial charge >= 0.3 is 5.97 Å². The summed E-state index contributed by atoms with van der Waals surface area (Å²) in [5, 5.41) is 0. The molecule has 0 saturated heterocycles. The van der Waals surface area contributed by atoms with Gasteiger partial charge in [0.1, 0.15) is 0 Å². The number of nitrogens with two attached hydrogens (primary N) is 1. The standard InChI is InChI=1S/C11H17N3O2/c1-16-11(15)8(5-12)4-10-6-13-7-14(10)9-2-3-9/h6-9H,2-5,12H2,1H3. The smallest absolute Gasteiger partial charge is 0.310 e. The van der Waals surface area contributed by atoms with E-state index in [0.717, 1.165) is 5.69 Å². The summed E-state index contributed by atoms with van der Waals surface area (Å²) in [5.74, 6) is -0.509. The number of carbonyl (C=O) groups is 1. The van der Waals surface area contributed by atoms with Crippen molar-refractivity contribution in [3.05, 3.63) is 18.2 Å². The van der Waals surface area contributed by atoms with Gasteiger partial charge in [-0.25, -0.2) is 4.98 Å². The van der Waals surface area contributed by atoms with E-state index < -0.39 is 0 Å². The monoisotopic (exact) mass is 223 g/mol. The van der Waals surface area contributed by atoms with Crippen molar-refractivity contribution in [3.63, 3.8) is 0 Å². The van der Waals surface area contributed by atoms with Gasteiger partial charge in [0.2, 0.25) is 0 Å². The molecule has 5 nitrogen and oxygen atoms in total. The fourth-order valence-corrected chi connectivity index (χ4v) is 1.85. The van der Waals surface area contributed by atoms with Crippen molar-refractivity contribution in [3.8, 4) is 0 Å². The second-order valence-corrected chi connectivity index (χ2v) is 4.18. The van der Waals surface area contributed by atoms with E-state index in [1.54, 1.807) is 0 Å². The second-order valence-electron chi connectivity index (χ2n) is 4.18. The molecule has 1 aliphatic rings. The molecule has 1 saturated carbocycles. The highest BCUT2D eigenvalue weighted by atomic mass is 16.5. The van der Waals surface area contributed by atoms with Crippen LogP contribution in [0.5, 0.6) is 0 Å². The molecule has 2 N–H and O–H groups in total. The molecular formula is C11H17N3O2. The molecule has 16 heavy (non-hydrogen) atoms. The number of rotatable bonds is 5. The largest absolute Gasteiger partial charge is 0.469 e. The van der Waals surface area contributed by atoms with Crippen molar-refractivity contribution in [1.29, 1.82) is 0 Å². The van der Waals surface area contributed by atoms with Crippen LogP contribution in [0.25, 0.3) is 0 Å². The number of carbonyl (C=O) groups excluding carboxylic acids is 1. The third-order valence-corrected chi connectivity index (χ3v) is 2.96. The zero-order chi connectivity index (χ0) is 11.5. The van der Waals surface area contributed by atoms with Crippen LogP contribution in [-0.2, 0) is 16.0 Å². The molecular weight excluding hydrogens is 206 g/mol. The number of methoxy groups -OCH3 is 1. The first kappa shape index (κ1) is 11.1. The summed E-state index contributed by atoms with van der Waals surface area (Å²) in [7, 11) is 1.39. The molecule has 0 aliphatic heterocycles. The number of aromatic nitrogens is 2. The Morgan fingerprint density at radius 2 is 2.50 bits per heavy atom. The molecule has 0 radical (unpaired) electrons. The number of imidazole rings is 1. The van der Waals surface area contributed by atoms with E-state index in [2.05, 4.69) is 9.55 Å². The number of hydrogen-bond acceptors (Lipinski definition) is 4. The van der Waals surface area contributed by atoms with Crippen LogP contribution in [0.1, 0.15) is 24.6 Å². The predicted octanol–water partition coefficient (Wildman–Crippen LogP) is 0.508. The van der Waals surface area contributed by atoms with Crippen LogP contribution in [0.4, 0.5) is 0 Å². The average Bonchev–Trinajstić information content (AvgIpc) is 3.05. The summed E-state index contributed by atoms with van der Waals surface area (Å²) in [6, 6.07) is 0.577. The molecule has 5 heteroatoms. The molecule has 2 rings (SSSR count). The molecule has 1 aromatic heterocycles. The number of hydrogen-bond donors (Lipinski definition) is 1. The first-order valence-corrected chi connectivity index (χ1v) is 5.55. The van der Waals surface area contributed by atoms with Crippen LogP contribution in [0, 0.1) is 5.92 Å². The van der Waals surface area contributed by atoms with E-state index >= 15 is 0 Å². The topological polar surface area (TPSA) is 70.1 Å². The Morgan fingerprint density at radius 3 is 3.06 bits per heavy atom. The minimum Gasteiger partial charge on any atom is -0.469 e. The molecule has 1 aliphatic carbocycles. The van der Waals surface area contributed by atoms with Gasteiger partial charge in [0.25, 0.3) is 0 Å². The molecule has 0 spiro atoms. The maximum absolute atomic E-state index is 11.4. The molecule has 1 atom stereocenters. The lowest BCUT2D eigenvalue weighted by molar-refractivity contribution is -0.145. The van der Waals surface area contributed by atoms with Crippen LogP contribution in [-0.4, -0.2) is 29.2 Å².